The molecule has 0 N–H and O–H groups in total. The highest BCUT2D eigenvalue weighted by Gasteiger charge is 2.21. The molecule has 4 aromatic rings. The lowest BCUT2D eigenvalue weighted by atomic mass is 10.2. The highest BCUT2D eigenvalue weighted by atomic mass is 32.2. The van der Waals surface area contributed by atoms with Crippen LogP contribution in [-0.4, -0.2) is 41.6 Å². The Hall–Kier alpha value is -3.08. The molecule has 10 heteroatoms. The summed E-state index contributed by atoms with van der Waals surface area (Å²) in [7, 11) is -0.738. The van der Waals surface area contributed by atoms with Crippen LogP contribution in [0.25, 0.3) is 17.1 Å². The largest absolute Gasteiger partial charge is 0.270 e. The van der Waals surface area contributed by atoms with Crippen molar-refractivity contribution in [3.63, 3.8) is 0 Å². The van der Waals surface area contributed by atoms with Crippen molar-refractivity contribution in [2.45, 2.75) is 15.8 Å². The molecule has 0 spiro atoms. The zero-order valence-corrected chi connectivity index (χ0v) is 19.4. The molecule has 170 valence electrons. The van der Waals surface area contributed by atoms with Crippen LogP contribution in [0.3, 0.4) is 0 Å². The summed E-state index contributed by atoms with van der Waals surface area (Å²) < 4.78 is 55.7. The predicted octanol–water partition coefficient (Wildman–Crippen LogP) is 4.76. The molecule has 0 saturated heterocycles. The van der Waals surface area contributed by atoms with Gasteiger partial charge in [0.05, 0.1) is 4.90 Å². The van der Waals surface area contributed by atoms with Crippen molar-refractivity contribution in [3.8, 4) is 17.1 Å². The second-order valence-corrected chi connectivity index (χ2v) is 10.4. The molecule has 3 aromatic carbocycles. The molecule has 1 aromatic heterocycles. The number of thioether (sulfide) groups is 1. The van der Waals surface area contributed by atoms with Crippen LogP contribution in [0.15, 0.2) is 82.8 Å². The minimum atomic E-state index is -3.66. The predicted molar refractivity (Wildman–Crippen MR) is 124 cm³/mol. The van der Waals surface area contributed by atoms with E-state index in [0.717, 1.165) is 4.31 Å². The molecule has 0 amide bonds. The zero-order chi connectivity index (χ0) is 23.6. The van der Waals surface area contributed by atoms with E-state index in [1.807, 2.05) is 0 Å². The lowest BCUT2D eigenvalue weighted by molar-refractivity contribution is 0.521. The van der Waals surface area contributed by atoms with E-state index in [9.17, 15) is 17.2 Å². The first-order chi connectivity index (χ1) is 15.8. The Bertz CT molecular complexity index is 1390. The summed E-state index contributed by atoms with van der Waals surface area (Å²) in [5, 5.41) is 9.01. The van der Waals surface area contributed by atoms with Crippen LogP contribution in [0.2, 0.25) is 0 Å². The number of hydrogen-bond donors (Lipinski definition) is 0. The van der Waals surface area contributed by atoms with Crippen molar-refractivity contribution in [3.05, 3.63) is 90.0 Å². The lowest BCUT2D eigenvalue weighted by Crippen LogP contribution is -2.22. The molecule has 0 aliphatic rings. The van der Waals surface area contributed by atoms with E-state index in [0.29, 0.717) is 33.5 Å². The normalized spacial score (nSPS) is 11.8. The number of hydrogen-bond acceptors (Lipinski definition) is 5. The zero-order valence-electron chi connectivity index (χ0n) is 17.8. The van der Waals surface area contributed by atoms with Gasteiger partial charge in [0, 0.05) is 31.1 Å². The van der Waals surface area contributed by atoms with Gasteiger partial charge in [0.25, 0.3) is 0 Å². The Morgan fingerprint density at radius 3 is 2.36 bits per heavy atom. The Morgan fingerprint density at radius 2 is 1.67 bits per heavy atom. The molecule has 0 bridgehead atoms. The summed E-state index contributed by atoms with van der Waals surface area (Å²) >= 11 is 1.27. The molecule has 0 saturated carbocycles. The smallest absolute Gasteiger partial charge is 0.242 e. The van der Waals surface area contributed by atoms with Crippen LogP contribution < -0.4 is 0 Å². The molecular formula is C23H20F2N4O2S2. The average molecular weight is 487 g/mol. The molecular weight excluding hydrogens is 466 g/mol. The molecule has 0 atom stereocenters. The number of aromatic nitrogens is 3. The summed E-state index contributed by atoms with van der Waals surface area (Å²) in [4.78, 5) is 0.110. The number of rotatable bonds is 7. The quantitative estimate of drug-likeness (QED) is 0.353. The van der Waals surface area contributed by atoms with Gasteiger partial charge < -0.3 is 0 Å². The lowest BCUT2D eigenvalue weighted by Gasteiger charge is -2.13. The van der Waals surface area contributed by atoms with Gasteiger partial charge in [0.15, 0.2) is 11.0 Å². The van der Waals surface area contributed by atoms with Crippen LogP contribution in [0, 0.1) is 11.6 Å². The first-order valence-corrected chi connectivity index (χ1v) is 12.3. The molecule has 6 nitrogen and oxygen atoms in total. The molecule has 33 heavy (non-hydrogen) atoms. The van der Waals surface area contributed by atoms with Gasteiger partial charge in [-0.2, -0.15) is 0 Å². The third kappa shape index (κ3) is 4.82. The minimum absolute atomic E-state index is 0.110. The fourth-order valence-corrected chi connectivity index (χ4v) is 5.02. The number of benzene rings is 3. The van der Waals surface area contributed by atoms with Crippen LogP contribution in [-0.2, 0) is 15.8 Å². The monoisotopic (exact) mass is 486 g/mol. The molecule has 0 fully saturated rings. The van der Waals surface area contributed by atoms with Crippen LogP contribution in [0.4, 0.5) is 8.78 Å². The molecule has 4 rings (SSSR count). The van der Waals surface area contributed by atoms with Crippen molar-refractivity contribution < 1.29 is 17.2 Å². The highest BCUT2D eigenvalue weighted by Crippen LogP contribution is 2.31. The Kier molecular flexibility index (Phi) is 6.59. The topological polar surface area (TPSA) is 68.1 Å². The maximum Gasteiger partial charge on any atom is 0.242 e. The number of halogens is 2. The Labute approximate surface area is 194 Å². The summed E-state index contributed by atoms with van der Waals surface area (Å²) in [6.07, 6.45) is 0. The molecule has 1 heterocycles. The maximum atomic E-state index is 14.1. The first kappa shape index (κ1) is 23.1. The van der Waals surface area contributed by atoms with Gasteiger partial charge in [0.2, 0.25) is 10.0 Å². The van der Waals surface area contributed by atoms with Gasteiger partial charge in [-0.1, -0.05) is 42.1 Å². The molecule has 0 aliphatic carbocycles. The van der Waals surface area contributed by atoms with Crippen LogP contribution >= 0.6 is 11.8 Å². The average Bonchev–Trinajstić information content (AvgIpc) is 3.23. The first-order valence-electron chi connectivity index (χ1n) is 9.88. The van der Waals surface area contributed by atoms with E-state index < -0.39 is 15.8 Å². The van der Waals surface area contributed by atoms with Gasteiger partial charge in [-0.05, 0) is 48.0 Å². The Balaban J connectivity index is 1.79. The van der Waals surface area contributed by atoms with E-state index in [4.69, 9.17) is 0 Å². The van der Waals surface area contributed by atoms with Gasteiger partial charge in [-0.25, -0.2) is 21.5 Å². The van der Waals surface area contributed by atoms with Gasteiger partial charge >= 0.3 is 0 Å². The summed E-state index contributed by atoms with van der Waals surface area (Å²) in [6, 6.07) is 18.6. The number of nitrogens with zero attached hydrogens (tertiary/aromatic N) is 4. The second-order valence-electron chi connectivity index (χ2n) is 7.31. The van der Waals surface area contributed by atoms with E-state index in [1.165, 1.54) is 56.2 Å². The third-order valence-electron chi connectivity index (χ3n) is 4.90. The fraction of sp³-hybridized carbons (Fsp3) is 0.130. The van der Waals surface area contributed by atoms with E-state index >= 15 is 0 Å². The Morgan fingerprint density at radius 1 is 0.939 bits per heavy atom. The van der Waals surface area contributed by atoms with Gasteiger partial charge in [0.1, 0.15) is 11.6 Å². The van der Waals surface area contributed by atoms with Crippen molar-refractivity contribution in [1.82, 2.24) is 19.1 Å². The van der Waals surface area contributed by atoms with Crippen molar-refractivity contribution >= 4 is 21.8 Å². The second kappa shape index (κ2) is 9.42. The van der Waals surface area contributed by atoms with E-state index in [1.54, 1.807) is 47.0 Å². The third-order valence-corrected chi connectivity index (χ3v) is 7.69. The maximum absolute atomic E-state index is 14.1. The number of sulfonamides is 1. The van der Waals surface area contributed by atoms with Gasteiger partial charge in [-0.3, -0.25) is 4.57 Å². The SMILES string of the molecule is CN(C)S(=O)(=O)c1cccc(-c2nnc(SCc3ccccc3F)n2-c2ccc(F)cc2)c1. The summed E-state index contributed by atoms with van der Waals surface area (Å²) in [6.45, 7) is 0. The van der Waals surface area contributed by atoms with Crippen molar-refractivity contribution in [2.75, 3.05) is 14.1 Å². The molecule has 0 radical (unpaired) electrons. The summed E-state index contributed by atoms with van der Waals surface area (Å²) in [5.41, 5.74) is 1.62. The van der Waals surface area contributed by atoms with E-state index in [2.05, 4.69) is 10.2 Å². The molecule has 0 unspecified atom stereocenters. The fourth-order valence-electron chi connectivity index (χ4n) is 3.14. The van der Waals surface area contributed by atoms with Crippen molar-refractivity contribution in [1.29, 1.82) is 0 Å². The standard InChI is InChI=1S/C23H20F2N4O2S2/c1-28(2)33(30,31)20-8-5-7-16(14-20)22-26-27-23(29(22)19-12-10-18(24)11-13-19)32-15-17-6-3-4-9-21(17)25/h3-14H,15H2,1-2H3. The highest BCUT2D eigenvalue weighted by molar-refractivity contribution is 7.98. The van der Waals surface area contributed by atoms with Crippen molar-refractivity contribution in [2.24, 2.45) is 0 Å². The van der Waals surface area contributed by atoms with Gasteiger partial charge in [-0.15, -0.1) is 10.2 Å². The van der Waals surface area contributed by atoms with E-state index in [-0.39, 0.29) is 10.7 Å². The minimum Gasteiger partial charge on any atom is -0.270 e. The van der Waals surface area contributed by atoms with Crippen LogP contribution in [0.1, 0.15) is 5.56 Å². The van der Waals surface area contributed by atoms with Crippen LogP contribution in [0.5, 0.6) is 0 Å². The summed E-state index contributed by atoms with van der Waals surface area (Å²) in [5.74, 6) is -0.0257. The molecule has 0 aliphatic heterocycles.